The molecule has 4 aromatic carbocycles. The van der Waals surface area contributed by atoms with Gasteiger partial charge < -0.3 is 24.8 Å². The number of alkyl halides is 3. The molecule has 0 atom stereocenters. The van der Waals surface area contributed by atoms with Crippen molar-refractivity contribution in [2.45, 2.75) is 6.18 Å². The number of anilines is 2. The van der Waals surface area contributed by atoms with E-state index in [2.05, 4.69) is 22.2 Å². The Bertz CT molecular complexity index is 1890. The van der Waals surface area contributed by atoms with Gasteiger partial charge in [-0.1, -0.05) is 30.8 Å². The molecule has 43 heavy (non-hydrogen) atoms. The van der Waals surface area contributed by atoms with Gasteiger partial charge in [-0.2, -0.15) is 13.2 Å². The van der Waals surface area contributed by atoms with Crippen LogP contribution in [0.25, 0.3) is 21.7 Å². The third kappa shape index (κ3) is 5.91. The lowest BCUT2D eigenvalue weighted by Crippen LogP contribution is -2.17. The molecule has 0 bridgehead atoms. The summed E-state index contributed by atoms with van der Waals surface area (Å²) in [6.45, 7) is 3.25. The zero-order valence-electron chi connectivity index (χ0n) is 22.9. The minimum Gasteiger partial charge on any atom is -0.493 e. The molecule has 1 heterocycles. The first-order valence-corrected chi connectivity index (χ1v) is 12.8. The van der Waals surface area contributed by atoms with E-state index < -0.39 is 29.2 Å². The van der Waals surface area contributed by atoms with E-state index in [1.54, 1.807) is 60.8 Å². The van der Waals surface area contributed by atoms with Crippen molar-refractivity contribution in [3.63, 3.8) is 0 Å². The highest BCUT2D eigenvalue weighted by Crippen LogP contribution is 2.39. The van der Waals surface area contributed by atoms with Gasteiger partial charge in [-0.25, -0.2) is 0 Å². The summed E-state index contributed by atoms with van der Waals surface area (Å²) in [5.74, 6) is 0.501. The van der Waals surface area contributed by atoms with E-state index in [9.17, 15) is 22.8 Å². The van der Waals surface area contributed by atoms with E-state index in [0.29, 0.717) is 44.7 Å². The van der Waals surface area contributed by atoms with Crippen LogP contribution in [0.4, 0.5) is 24.5 Å². The molecule has 2 amide bonds. The van der Waals surface area contributed by atoms with Gasteiger partial charge in [0.1, 0.15) is 11.5 Å². The van der Waals surface area contributed by atoms with E-state index in [1.165, 1.54) is 20.3 Å². The number of hydrogen-bond donors (Lipinski definition) is 2. The van der Waals surface area contributed by atoms with Crippen LogP contribution < -0.4 is 24.8 Å². The van der Waals surface area contributed by atoms with Gasteiger partial charge in [-0.3, -0.25) is 14.6 Å². The zero-order chi connectivity index (χ0) is 30.7. The second-order valence-electron chi connectivity index (χ2n) is 9.20. The fourth-order valence-electron chi connectivity index (χ4n) is 4.57. The van der Waals surface area contributed by atoms with Crippen LogP contribution in [-0.4, -0.2) is 31.0 Å². The van der Waals surface area contributed by atoms with Crippen molar-refractivity contribution >= 4 is 44.9 Å². The van der Waals surface area contributed by atoms with Crippen LogP contribution in [0.5, 0.6) is 23.0 Å². The summed E-state index contributed by atoms with van der Waals surface area (Å²) in [5, 5.41) is 6.44. The van der Waals surface area contributed by atoms with Crippen LogP contribution >= 0.6 is 0 Å². The van der Waals surface area contributed by atoms with E-state index in [1.807, 2.05) is 0 Å². The van der Waals surface area contributed by atoms with E-state index in [0.717, 1.165) is 18.2 Å². The van der Waals surface area contributed by atoms with E-state index >= 15 is 0 Å². The Hall–Kier alpha value is -5.58. The number of benzene rings is 4. The number of halogens is 3. The summed E-state index contributed by atoms with van der Waals surface area (Å²) >= 11 is 0. The molecule has 2 N–H and O–H groups in total. The summed E-state index contributed by atoms with van der Waals surface area (Å²) in [7, 11) is 3.05. The molecule has 0 saturated carbocycles. The Balaban J connectivity index is 1.49. The Morgan fingerprint density at radius 3 is 2.23 bits per heavy atom. The smallest absolute Gasteiger partial charge is 0.418 e. The van der Waals surface area contributed by atoms with Gasteiger partial charge in [0, 0.05) is 34.3 Å². The summed E-state index contributed by atoms with van der Waals surface area (Å²) in [6.07, 6.45) is -2.33. The lowest BCUT2D eigenvalue weighted by molar-refractivity contribution is -0.136. The number of aromatic nitrogens is 1. The first-order valence-electron chi connectivity index (χ1n) is 12.8. The molecule has 0 spiro atoms. The predicted octanol–water partition coefficient (Wildman–Crippen LogP) is 7.59. The second-order valence-corrected chi connectivity index (χ2v) is 9.20. The molecule has 0 aliphatic rings. The van der Waals surface area contributed by atoms with Gasteiger partial charge in [0.25, 0.3) is 5.91 Å². The molecule has 5 aromatic rings. The van der Waals surface area contributed by atoms with Gasteiger partial charge in [0.2, 0.25) is 5.91 Å². The molecule has 0 aliphatic heterocycles. The lowest BCUT2D eigenvalue weighted by atomic mass is 10.0. The van der Waals surface area contributed by atoms with Crippen LogP contribution in [-0.2, 0) is 11.0 Å². The zero-order valence-corrected chi connectivity index (χ0v) is 22.9. The maximum Gasteiger partial charge on any atom is 0.418 e. The number of rotatable bonds is 8. The molecule has 0 radical (unpaired) electrons. The lowest BCUT2D eigenvalue weighted by Gasteiger charge is -2.16. The number of methoxy groups -OCH3 is 2. The standard InChI is InChI=1S/C32H24F3N3O5/c1-4-30(39)38-24-12-11-18(15-23(24)32(33,34)35)37-31(40)21-9-5-8-20-19(21)7-6-10-26(20)43-27-13-14-36-25-17-29(42-3)28(41-2)16-22(25)27/h4-17H,1H2,2-3H3,(H,37,40)(H,38,39). The highest BCUT2D eigenvalue weighted by molar-refractivity contribution is 6.14. The Labute approximate surface area is 243 Å². The van der Waals surface area contributed by atoms with Gasteiger partial charge in [-0.05, 0) is 53.9 Å². The number of carbonyl (C=O) groups excluding carboxylic acids is 2. The number of carbonyl (C=O) groups is 2. The number of ether oxygens (including phenoxy) is 3. The molecular formula is C32H24F3N3O5. The van der Waals surface area contributed by atoms with Gasteiger partial charge in [0.05, 0.1) is 31.0 Å². The third-order valence-electron chi connectivity index (χ3n) is 6.58. The topological polar surface area (TPSA) is 98.8 Å². The second kappa shape index (κ2) is 11.7. The minimum atomic E-state index is -4.79. The van der Waals surface area contributed by atoms with Crippen molar-refractivity contribution in [3.05, 3.63) is 103 Å². The van der Waals surface area contributed by atoms with Crippen molar-refractivity contribution in [1.82, 2.24) is 4.98 Å². The van der Waals surface area contributed by atoms with Gasteiger partial charge in [-0.15, -0.1) is 0 Å². The molecular weight excluding hydrogens is 563 g/mol. The molecule has 0 unspecified atom stereocenters. The average molecular weight is 588 g/mol. The van der Waals surface area contributed by atoms with Crippen molar-refractivity contribution < 1.29 is 37.0 Å². The quantitative estimate of drug-likeness (QED) is 0.182. The molecule has 0 fully saturated rings. The van der Waals surface area contributed by atoms with E-state index in [-0.39, 0.29) is 11.3 Å². The number of nitrogens with zero attached hydrogens (tertiary/aromatic N) is 1. The van der Waals surface area contributed by atoms with Crippen LogP contribution in [0.2, 0.25) is 0 Å². The van der Waals surface area contributed by atoms with E-state index in [4.69, 9.17) is 14.2 Å². The first kappa shape index (κ1) is 28.9. The Morgan fingerprint density at radius 2 is 1.51 bits per heavy atom. The summed E-state index contributed by atoms with van der Waals surface area (Å²) in [5.41, 5.74) is -0.851. The van der Waals surface area contributed by atoms with Gasteiger partial charge in [0.15, 0.2) is 11.5 Å². The van der Waals surface area contributed by atoms with Crippen LogP contribution in [0.1, 0.15) is 15.9 Å². The Kier molecular flexibility index (Phi) is 7.89. The number of hydrogen-bond acceptors (Lipinski definition) is 6. The predicted molar refractivity (Wildman–Crippen MR) is 157 cm³/mol. The summed E-state index contributed by atoms with van der Waals surface area (Å²) in [4.78, 5) is 29.3. The van der Waals surface area contributed by atoms with Crippen LogP contribution in [0.15, 0.2) is 91.6 Å². The summed E-state index contributed by atoms with van der Waals surface area (Å²) in [6, 6.07) is 18.4. The van der Waals surface area contributed by atoms with Crippen molar-refractivity contribution in [2.75, 3.05) is 24.9 Å². The number of pyridine rings is 1. The van der Waals surface area contributed by atoms with Crippen molar-refractivity contribution in [2.24, 2.45) is 0 Å². The molecule has 1 aromatic heterocycles. The number of amides is 2. The largest absolute Gasteiger partial charge is 0.493 e. The molecule has 11 heteroatoms. The maximum absolute atomic E-state index is 13.7. The molecule has 0 aliphatic carbocycles. The van der Waals surface area contributed by atoms with Gasteiger partial charge >= 0.3 is 6.18 Å². The molecule has 218 valence electrons. The molecule has 8 nitrogen and oxygen atoms in total. The van der Waals surface area contributed by atoms with Crippen LogP contribution in [0.3, 0.4) is 0 Å². The highest BCUT2D eigenvalue weighted by atomic mass is 19.4. The van der Waals surface area contributed by atoms with Crippen molar-refractivity contribution in [1.29, 1.82) is 0 Å². The number of nitrogens with one attached hydrogen (secondary N) is 2. The Morgan fingerprint density at radius 1 is 0.814 bits per heavy atom. The highest BCUT2D eigenvalue weighted by Gasteiger charge is 2.34. The SMILES string of the molecule is C=CC(=O)Nc1ccc(NC(=O)c2cccc3c(Oc4ccnc5cc(OC)c(OC)cc45)cccc23)cc1C(F)(F)F. The maximum atomic E-state index is 13.7. The van der Waals surface area contributed by atoms with Crippen molar-refractivity contribution in [3.8, 4) is 23.0 Å². The minimum absolute atomic E-state index is 0.106. The monoisotopic (exact) mass is 587 g/mol. The first-order chi connectivity index (χ1) is 20.6. The normalized spacial score (nSPS) is 11.2. The summed E-state index contributed by atoms with van der Waals surface area (Å²) < 4.78 is 58.3. The average Bonchev–Trinajstić information content (AvgIpc) is 3.00. The fourth-order valence-corrected chi connectivity index (χ4v) is 4.57. The van der Waals surface area contributed by atoms with Crippen LogP contribution in [0, 0.1) is 0 Å². The molecule has 5 rings (SSSR count). The third-order valence-corrected chi connectivity index (χ3v) is 6.58. The number of fused-ring (bicyclic) bond motifs is 2. The molecule has 0 saturated heterocycles. The fraction of sp³-hybridized carbons (Fsp3) is 0.0938.